The highest BCUT2D eigenvalue weighted by molar-refractivity contribution is 5.98. The first kappa shape index (κ1) is 20.5. The van der Waals surface area contributed by atoms with E-state index < -0.39 is 0 Å². The van der Waals surface area contributed by atoms with Gasteiger partial charge in [-0.1, -0.05) is 39.0 Å². The Morgan fingerprint density at radius 1 is 1.00 bits per heavy atom. The third-order valence-corrected chi connectivity index (χ3v) is 3.87. The number of hydrogen-bond donors (Lipinski definition) is 3. The van der Waals surface area contributed by atoms with Gasteiger partial charge in [-0.15, -0.1) is 0 Å². The van der Waals surface area contributed by atoms with Gasteiger partial charge in [0.2, 0.25) is 0 Å². The first-order valence-electron chi connectivity index (χ1n) is 8.98. The van der Waals surface area contributed by atoms with Crippen LogP contribution in [-0.4, -0.2) is 42.3 Å². The van der Waals surface area contributed by atoms with Gasteiger partial charge >= 0.3 is 0 Å². The summed E-state index contributed by atoms with van der Waals surface area (Å²) in [4.78, 5) is 11.9. The number of benzene rings is 1. The van der Waals surface area contributed by atoms with Gasteiger partial charge in [0.25, 0.3) is 0 Å². The number of phenolic OH excluding ortho intramolecular Hbond substituents is 2. The molecule has 0 aliphatic heterocycles. The first-order chi connectivity index (χ1) is 11.6. The van der Waals surface area contributed by atoms with Crippen LogP contribution in [0.2, 0.25) is 0 Å². The molecule has 5 heteroatoms. The van der Waals surface area contributed by atoms with Crippen LogP contribution in [0, 0.1) is 0 Å². The molecule has 0 saturated heterocycles. The summed E-state index contributed by atoms with van der Waals surface area (Å²) in [5.74, 6) is -0.607. The second kappa shape index (κ2) is 12.8. The zero-order valence-corrected chi connectivity index (χ0v) is 14.7. The average Bonchev–Trinajstić information content (AvgIpc) is 2.58. The van der Waals surface area contributed by atoms with Gasteiger partial charge in [0.15, 0.2) is 17.3 Å². The third-order valence-electron chi connectivity index (χ3n) is 3.87. The Bertz CT molecular complexity index is 476. The maximum Gasteiger partial charge on any atom is 0.176 e. The summed E-state index contributed by atoms with van der Waals surface area (Å²) in [5.41, 5.74) is 0.386. The molecular weight excluding hydrogens is 306 g/mol. The van der Waals surface area contributed by atoms with Gasteiger partial charge in [-0.2, -0.15) is 0 Å². The number of hydrogen-bond acceptors (Lipinski definition) is 5. The fraction of sp³-hybridized carbons (Fsp3) is 0.632. The van der Waals surface area contributed by atoms with E-state index in [2.05, 4.69) is 12.2 Å². The highest BCUT2D eigenvalue weighted by Crippen LogP contribution is 2.24. The fourth-order valence-corrected chi connectivity index (χ4v) is 2.39. The molecule has 0 atom stereocenters. The molecule has 1 aromatic carbocycles. The van der Waals surface area contributed by atoms with Gasteiger partial charge < -0.3 is 20.3 Å². The Hall–Kier alpha value is -1.59. The summed E-state index contributed by atoms with van der Waals surface area (Å²) in [7, 11) is 0. The number of ketones is 1. The molecule has 1 rings (SSSR count). The second-order valence-electron chi connectivity index (χ2n) is 6.04. The zero-order chi connectivity index (χ0) is 17.6. The molecule has 3 N–H and O–H groups in total. The maximum absolute atomic E-state index is 11.9. The minimum atomic E-state index is -0.274. The summed E-state index contributed by atoms with van der Waals surface area (Å²) in [6.45, 7) is 4.67. The molecule has 0 fully saturated rings. The van der Waals surface area contributed by atoms with Gasteiger partial charge in [0, 0.05) is 18.8 Å². The first-order valence-corrected chi connectivity index (χ1v) is 8.98. The molecular formula is C19H31NO4. The van der Waals surface area contributed by atoms with Crippen LogP contribution in [0.1, 0.15) is 62.2 Å². The van der Waals surface area contributed by atoms with Crippen LogP contribution >= 0.6 is 0 Å². The van der Waals surface area contributed by atoms with E-state index in [0.717, 1.165) is 19.4 Å². The Morgan fingerprint density at radius 2 is 1.71 bits per heavy atom. The highest BCUT2D eigenvalue weighted by atomic mass is 16.5. The number of phenols is 2. The summed E-state index contributed by atoms with van der Waals surface area (Å²) in [6.07, 6.45) is 8.46. The monoisotopic (exact) mass is 337 g/mol. The number of rotatable bonds is 14. The van der Waals surface area contributed by atoms with E-state index >= 15 is 0 Å². The number of carbonyl (C=O) groups is 1. The van der Waals surface area contributed by atoms with Crippen LogP contribution in [0.4, 0.5) is 0 Å². The molecule has 136 valence electrons. The van der Waals surface area contributed by atoms with E-state index in [1.165, 1.54) is 50.3 Å². The largest absolute Gasteiger partial charge is 0.504 e. The number of carbonyl (C=O) groups excluding carboxylic acids is 1. The molecule has 1 aromatic rings. The van der Waals surface area contributed by atoms with Crippen LogP contribution in [0.25, 0.3) is 0 Å². The molecule has 0 aliphatic carbocycles. The van der Waals surface area contributed by atoms with Crippen LogP contribution in [-0.2, 0) is 4.74 Å². The topological polar surface area (TPSA) is 78.8 Å². The molecule has 0 amide bonds. The molecule has 0 bridgehead atoms. The van der Waals surface area contributed by atoms with Crippen LogP contribution in [0.3, 0.4) is 0 Å². The van der Waals surface area contributed by atoms with Crippen molar-refractivity contribution >= 4 is 5.78 Å². The lowest BCUT2D eigenvalue weighted by Crippen LogP contribution is -2.24. The molecule has 0 spiro atoms. The van der Waals surface area contributed by atoms with Crippen molar-refractivity contribution in [3.05, 3.63) is 23.8 Å². The van der Waals surface area contributed by atoms with E-state index in [4.69, 9.17) is 4.74 Å². The lowest BCUT2D eigenvalue weighted by Gasteiger charge is -2.06. The molecule has 0 heterocycles. The minimum absolute atomic E-state index is 0.113. The van der Waals surface area contributed by atoms with Crippen LogP contribution in [0.15, 0.2) is 18.2 Å². The zero-order valence-electron chi connectivity index (χ0n) is 14.7. The Labute approximate surface area is 145 Å². The number of nitrogens with one attached hydrogen (secondary N) is 1. The Kier molecular flexibility index (Phi) is 10.9. The van der Waals surface area contributed by atoms with E-state index in [-0.39, 0.29) is 23.8 Å². The summed E-state index contributed by atoms with van der Waals surface area (Å²) < 4.78 is 5.58. The predicted octanol–water partition coefficient (Wildman–Crippen LogP) is 3.64. The van der Waals surface area contributed by atoms with Gasteiger partial charge in [-0.25, -0.2) is 0 Å². The summed E-state index contributed by atoms with van der Waals surface area (Å²) in [6, 6.07) is 4.10. The molecule has 0 aliphatic rings. The average molecular weight is 337 g/mol. The standard InChI is InChI=1S/C19H31NO4/c1-2-3-4-5-6-7-12-24-13-8-11-20-15-19(23)16-9-10-17(21)18(22)14-16/h9-10,14,20-22H,2-8,11-13,15H2,1H3. The van der Waals surface area contributed by atoms with Gasteiger partial charge in [0.05, 0.1) is 6.54 Å². The minimum Gasteiger partial charge on any atom is -0.504 e. The van der Waals surface area contributed by atoms with E-state index in [0.29, 0.717) is 18.7 Å². The molecule has 0 aromatic heterocycles. The number of Topliss-reactive ketones (excluding diaryl/α,β-unsaturated/α-hetero) is 1. The maximum atomic E-state index is 11.9. The molecule has 0 saturated carbocycles. The van der Waals surface area contributed by atoms with Crippen molar-refractivity contribution in [2.45, 2.75) is 51.9 Å². The van der Waals surface area contributed by atoms with Crippen molar-refractivity contribution < 1.29 is 19.7 Å². The van der Waals surface area contributed by atoms with E-state index in [1.807, 2.05) is 0 Å². The van der Waals surface area contributed by atoms with E-state index in [9.17, 15) is 15.0 Å². The Balaban J connectivity index is 1.96. The lowest BCUT2D eigenvalue weighted by atomic mass is 10.1. The van der Waals surface area contributed by atoms with Crippen molar-refractivity contribution in [1.82, 2.24) is 5.32 Å². The van der Waals surface area contributed by atoms with Crippen molar-refractivity contribution in [2.75, 3.05) is 26.3 Å². The number of unbranched alkanes of at least 4 members (excludes halogenated alkanes) is 5. The number of ether oxygens (including phenoxy) is 1. The SMILES string of the molecule is CCCCCCCCOCCCNCC(=O)c1ccc(O)c(O)c1. The van der Waals surface area contributed by atoms with Gasteiger partial charge in [-0.05, 0) is 37.6 Å². The van der Waals surface area contributed by atoms with Gasteiger partial charge in [0.1, 0.15) is 0 Å². The molecule has 0 unspecified atom stereocenters. The van der Waals surface area contributed by atoms with Crippen LogP contribution < -0.4 is 5.32 Å². The van der Waals surface area contributed by atoms with Crippen molar-refractivity contribution in [1.29, 1.82) is 0 Å². The van der Waals surface area contributed by atoms with Crippen molar-refractivity contribution in [2.24, 2.45) is 0 Å². The van der Waals surface area contributed by atoms with Crippen molar-refractivity contribution in [3.63, 3.8) is 0 Å². The van der Waals surface area contributed by atoms with Crippen molar-refractivity contribution in [3.8, 4) is 11.5 Å². The second-order valence-corrected chi connectivity index (χ2v) is 6.04. The van der Waals surface area contributed by atoms with Crippen LogP contribution in [0.5, 0.6) is 11.5 Å². The third kappa shape index (κ3) is 8.89. The Morgan fingerprint density at radius 3 is 2.46 bits per heavy atom. The predicted molar refractivity (Wildman–Crippen MR) is 95.8 cm³/mol. The molecule has 24 heavy (non-hydrogen) atoms. The summed E-state index contributed by atoms with van der Waals surface area (Å²) >= 11 is 0. The normalized spacial score (nSPS) is 10.9. The number of aromatic hydroxyl groups is 2. The lowest BCUT2D eigenvalue weighted by molar-refractivity contribution is 0.0986. The quantitative estimate of drug-likeness (QED) is 0.274. The van der Waals surface area contributed by atoms with Gasteiger partial charge in [-0.3, -0.25) is 4.79 Å². The fourth-order valence-electron chi connectivity index (χ4n) is 2.39. The molecule has 0 radical (unpaired) electrons. The van der Waals surface area contributed by atoms with E-state index in [1.54, 1.807) is 0 Å². The summed E-state index contributed by atoms with van der Waals surface area (Å²) in [5, 5.41) is 21.7. The highest BCUT2D eigenvalue weighted by Gasteiger charge is 2.08. The smallest absolute Gasteiger partial charge is 0.176 e. The molecule has 5 nitrogen and oxygen atoms in total.